The van der Waals surface area contributed by atoms with Crippen molar-refractivity contribution in [3.05, 3.63) is 109 Å². The summed E-state index contributed by atoms with van der Waals surface area (Å²) in [4.78, 5) is 37.6. The van der Waals surface area contributed by atoms with E-state index in [1.807, 2.05) is 33.3 Å². The molecular formula is C64H112N2O7P+. The van der Waals surface area contributed by atoms with Gasteiger partial charge in [0.15, 0.2) is 0 Å². The maximum absolute atomic E-state index is 13.5. The number of allylic oxidation sites excluding steroid dienone is 17. The number of carbonyl (C=O) groups excluding carboxylic acids is 2. The lowest BCUT2D eigenvalue weighted by Gasteiger charge is -2.27. The molecule has 0 aromatic rings. The molecule has 0 aliphatic rings. The van der Waals surface area contributed by atoms with E-state index in [9.17, 15) is 19.0 Å². The molecule has 0 bridgehead atoms. The molecule has 0 heterocycles. The van der Waals surface area contributed by atoms with Gasteiger partial charge in [0.25, 0.3) is 0 Å². The lowest BCUT2D eigenvalue weighted by molar-refractivity contribution is -0.870. The normalized spacial score (nSPS) is 14.5. The molecule has 1 amide bonds. The summed E-state index contributed by atoms with van der Waals surface area (Å²) in [5, 5.41) is 3.04. The average molecular weight is 1050 g/mol. The minimum Gasteiger partial charge on any atom is -0.456 e. The van der Waals surface area contributed by atoms with Gasteiger partial charge in [0.2, 0.25) is 5.91 Å². The third kappa shape index (κ3) is 53.5. The molecule has 3 unspecified atom stereocenters. The minimum atomic E-state index is -4.46. The molecular weight excluding hydrogens is 940 g/mol. The molecule has 3 atom stereocenters. The molecule has 0 fully saturated rings. The van der Waals surface area contributed by atoms with Crippen LogP contribution in [0.2, 0.25) is 0 Å². The van der Waals surface area contributed by atoms with Crippen LogP contribution in [0.4, 0.5) is 0 Å². The number of hydrogen-bond donors (Lipinski definition) is 2. The van der Waals surface area contributed by atoms with Crippen LogP contribution >= 0.6 is 7.82 Å². The van der Waals surface area contributed by atoms with Crippen molar-refractivity contribution in [1.29, 1.82) is 0 Å². The highest BCUT2D eigenvalue weighted by Crippen LogP contribution is 2.43. The van der Waals surface area contributed by atoms with Crippen molar-refractivity contribution in [3.63, 3.8) is 0 Å². The maximum Gasteiger partial charge on any atom is 0.472 e. The van der Waals surface area contributed by atoms with Crippen molar-refractivity contribution in [3.8, 4) is 0 Å². The van der Waals surface area contributed by atoms with Crippen molar-refractivity contribution < 1.29 is 37.3 Å². The predicted octanol–water partition coefficient (Wildman–Crippen LogP) is 18.2. The molecule has 0 aliphatic heterocycles. The van der Waals surface area contributed by atoms with Crippen LogP contribution in [0.15, 0.2) is 109 Å². The highest BCUT2D eigenvalue weighted by atomic mass is 31.2. The van der Waals surface area contributed by atoms with E-state index in [4.69, 9.17) is 13.8 Å². The van der Waals surface area contributed by atoms with Crippen LogP contribution in [-0.2, 0) is 27.9 Å². The Kier molecular flexibility index (Phi) is 50.7. The van der Waals surface area contributed by atoms with Gasteiger partial charge in [-0.1, -0.05) is 233 Å². The van der Waals surface area contributed by atoms with Gasteiger partial charge in [-0.05, 0) is 96.0 Å². The Morgan fingerprint density at radius 1 is 0.500 bits per heavy atom. The van der Waals surface area contributed by atoms with E-state index < -0.39 is 20.0 Å². The monoisotopic (exact) mass is 1050 g/mol. The molecule has 74 heavy (non-hydrogen) atoms. The van der Waals surface area contributed by atoms with Crippen LogP contribution in [0, 0.1) is 0 Å². The quantitative estimate of drug-likeness (QED) is 0.0156. The summed E-state index contributed by atoms with van der Waals surface area (Å²) >= 11 is 0. The molecule has 424 valence electrons. The molecule has 0 rings (SSSR count). The lowest BCUT2D eigenvalue weighted by Crippen LogP contribution is -2.47. The van der Waals surface area contributed by atoms with Gasteiger partial charge in [0, 0.05) is 12.8 Å². The molecule has 0 radical (unpaired) electrons. The van der Waals surface area contributed by atoms with Crippen LogP contribution < -0.4 is 5.32 Å². The molecule has 0 spiro atoms. The summed E-state index contributed by atoms with van der Waals surface area (Å²) < 4.78 is 30.6. The van der Waals surface area contributed by atoms with Gasteiger partial charge in [-0.2, -0.15) is 0 Å². The number of nitrogens with one attached hydrogen (secondary N) is 1. The Hall–Kier alpha value is -3.33. The number of hydrogen-bond acceptors (Lipinski definition) is 6. The van der Waals surface area contributed by atoms with E-state index in [-0.39, 0.29) is 31.5 Å². The van der Waals surface area contributed by atoms with Gasteiger partial charge in [0.05, 0.1) is 33.8 Å². The number of esters is 1. The second-order valence-corrected chi connectivity index (χ2v) is 22.3. The Balaban J connectivity index is 5.27. The zero-order valence-electron chi connectivity index (χ0n) is 48.3. The number of quaternary nitrogens is 1. The predicted molar refractivity (Wildman–Crippen MR) is 318 cm³/mol. The highest BCUT2D eigenvalue weighted by molar-refractivity contribution is 7.47. The maximum atomic E-state index is 13.5. The summed E-state index contributed by atoms with van der Waals surface area (Å²) in [6.07, 6.45) is 72.3. The lowest BCUT2D eigenvalue weighted by atomic mass is 10.0. The summed E-state index contributed by atoms with van der Waals surface area (Å²) in [6, 6.07) is -0.869. The number of carbonyl (C=O) groups is 2. The Morgan fingerprint density at radius 3 is 1.45 bits per heavy atom. The van der Waals surface area contributed by atoms with Crippen LogP contribution in [0.5, 0.6) is 0 Å². The van der Waals surface area contributed by atoms with E-state index in [1.165, 1.54) is 70.6 Å². The summed E-state index contributed by atoms with van der Waals surface area (Å²) in [5.41, 5.74) is 0. The van der Waals surface area contributed by atoms with E-state index in [0.29, 0.717) is 23.9 Å². The zero-order chi connectivity index (χ0) is 54.3. The molecule has 0 saturated heterocycles. The largest absolute Gasteiger partial charge is 0.472 e. The molecule has 0 saturated carbocycles. The number of nitrogens with zero attached hydrogens (tertiary/aromatic N) is 1. The van der Waals surface area contributed by atoms with Crippen molar-refractivity contribution >= 4 is 19.7 Å². The average Bonchev–Trinajstić information content (AvgIpc) is 3.36. The molecule has 9 nitrogen and oxygen atoms in total. The van der Waals surface area contributed by atoms with Gasteiger partial charge in [-0.3, -0.25) is 18.6 Å². The third-order valence-corrected chi connectivity index (χ3v) is 13.5. The first-order valence-electron chi connectivity index (χ1n) is 29.7. The van der Waals surface area contributed by atoms with Gasteiger partial charge in [-0.15, -0.1) is 0 Å². The molecule has 0 aliphatic carbocycles. The number of amides is 1. The number of phosphoric ester groups is 1. The number of phosphoric acid groups is 1. The van der Waals surface area contributed by atoms with E-state index >= 15 is 0 Å². The van der Waals surface area contributed by atoms with Crippen molar-refractivity contribution in [1.82, 2.24) is 5.32 Å². The first-order valence-corrected chi connectivity index (χ1v) is 31.2. The number of ether oxygens (including phenoxy) is 1. The van der Waals surface area contributed by atoms with E-state index in [2.05, 4.69) is 123 Å². The summed E-state index contributed by atoms with van der Waals surface area (Å²) in [5.74, 6) is -0.549. The van der Waals surface area contributed by atoms with Crippen LogP contribution in [-0.4, -0.2) is 74.3 Å². The van der Waals surface area contributed by atoms with Crippen molar-refractivity contribution in [2.45, 2.75) is 245 Å². The Bertz CT molecular complexity index is 1640. The number of likely N-dealkylation sites (N-methyl/N-ethyl adjacent to an activating group) is 1. The Morgan fingerprint density at radius 2 is 0.932 bits per heavy atom. The van der Waals surface area contributed by atoms with Gasteiger partial charge in [-0.25, -0.2) is 4.57 Å². The van der Waals surface area contributed by atoms with Gasteiger partial charge < -0.3 is 19.4 Å². The van der Waals surface area contributed by atoms with Crippen molar-refractivity contribution in [2.24, 2.45) is 0 Å². The van der Waals surface area contributed by atoms with Crippen molar-refractivity contribution in [2.75, 3.05) is 40.9 Å². The summed E-state index contributed by atoms with van der Waals surface area (Å²) in [7, 11) is 1.46. The van der Waals surface area contributed by atoms with Gasteiger partial charge >= 0.3 is 13.8 Å². The number of unbranched alkanes of at least 4 members (excludes halogenated alkanes) is 22. The second-order valence-electron chi connectivity index (χ2n) is 20.8. The van der Waals surface area contributed by atoms with E-state index in [0.717, 1.165) is 122 Å². The standard InChI is InChI=1S/C64H111N2O7P/c1-7-10-13-16-19-22-25-28-29-30-31-32-33-34-35-36-37-39-41-44-47-50-53-56-63(67)65-61(60-72-74(69,70)71-59-58-66(4,5)6)62(55-52-49-46-43-40-27-24-21-18-15-12-9-3)73-64(68)57-54-51-48-45-42-38-26-23-20-17-14-11-8-2/h10-11,13-14,17,19-20,22-23,26,28-29,31-32,34-35,52,55,61-62H,7-9,12,15-16,18,21,24-25,27,30,33,36-51,53-54,56-60H2,1-6H3,(H-,65,67,69,70)/p+1/b13-10-,14-11+,20-17+,22-19-,26-23-,29-28-,32-31-,35-34-,55-52-. The second kappa shape index (κ2) is 53.1. The van der Waals surface area contributed by atoms with Crippen LogP contribution in [0.25, 0.3) is 0 Å². The smallest absolute Gasteiger partial charge is 0.456 e. The summed E-state index contributed by atoms with van der Waals surface area (Å²) in [6.45, 7) is 6.72. The SMILES string of the molecule is CC/C=C\C/C=C\C/C=C\C/C=C\C/C=C\CCCCCCCCCC(=O)NC(COP(=O)(O)OCC[N+](C)(C)C)C(/C=C\CCCCCCCCCCCC)OC(=O)CCCCCCC\C=C/C=C/C=C/CC. The minimum absolute atomic E-state index is 0.0285. The molecule has 0 aromatic carbocycles. The van der Waals surface area contributed by atoms with E-state index in [1.54, 1.807) is 0 Å². The topological polar surface area (TPSA) is 111 Å². The van der Waals surface area contributed by atoms with Gasteiger partial charge in [0.1, 0.15) is 19.3 Å². The fourth-order valence-corrected chi connectivity index (χ4v) is 8.70. The zero-order valence-corrected chi connectivity index (χ0v) is 49.2. The molecule has 10 heteroatoms. The number of rotatable bonds is 52. The van der Waals surface area contributed by atoms with Crippen LogP contribution in [0.1, 0.15) is 233 Å². The third-order valence-electron chi connectivity index (χ3n) is 12.5. The molecule has 2 N–H and O–H groups in total. The Labute approximate surface area is 455 Å². The fraction of sp³-hybridized carbons (Fsp3) is 0.688. The first kappa shape index (κ1) is 70.7. The molecule has 0 aromatic heterocycles. The highest BCUT2D eigenvalue weighted by Gasteiger charge is 2.30. The van der Waals surface area contributed by atoms with Crippen LogP contribution in [0.3, 0.4) is 0 Å². The fourth-order valence-electron chi connectivity index (χ4n) is 7.97. The first-order chi connectivity index (χ1) is 35.9.